The molecule has 1 fully saturated rings. The van der Waals surface area contributed by atoms with Crippen LogP contribution in [0.1, 0.15) is 68.7 Å². The minimum atomic E-state index is -4.48. The molecule has 0 unspecified atom stereocenters. The van der Waals surface area contributed by atoms with E-state index in [1.807, 2.05) is 0 Å². The summed E-state index contributed by atoms with van der Waals surface area (Å²) in [6.07, 6.45) is 1.43. The van der Waals surface area contributed by atoms with Gasteiger partial charge in [-0.1, -0.05) is 19.3 Å². The maximum Gasteiger partial charge on any atom is 0.422 e. The summed E-state index contributed by atoms with van der Waals surface area (Å²) in [5.74, 6) is -1.39. The SMILES string of the molecule is O=C(NCc1ccnc(OCC(F)(F)F)c1)c1ccc2c(c1)C(=O)N(C1CCCCC1)C2=O. The Morgan fingerprint density at radius 1 is 1.06 bits per heavy atom. The molecule has 0 spiro atoms. The minimum absolute atomic E-state index is 0.0158. The van der Waals surface area contributed by atoms with Gasteiger partial charge in [0.15, 0.2) is 6.61 Å². The van der Waals surface area contributed by atoms with Gasteiger partial charge < -0.3 is 10.1 Å². The fourth-order valence-electron chi connectivity index (χ4n) is 4.15. The van der Waals surface area contributed by atoms with E-state index in [4.69, 9.17) is 0 Å². The molecule has 1 saturated carbocycles. The van der Waals surface area contributed by atoms with E-state index in [-0.39, 0.29) is 41.4 Å². The smallest absolute Gasteiger partial charge is 0.422 e. The lowest BCUT2D eigenvalue weighted by atomic mass is 9.94. The van der Waals surface area contributed by atoms with E-state index in [9.17, 15) is 27.6 Å². The molecule has 0 radical (unpaired) electrons. The standard InChI is InChI=1S/C23H22F3N3O4/c24-23(25,26)13-33-19-10-14(8-9-27-19)12-28-20(30)15-6-7-17-18(11-15)22(32)29(21(17)31)16-4-2-1-3-5-16/h6-11,16H,1-5,12-13H2,(H,28,30). The van der Waals surface area contributed by atoms with Crippen molar-refractivity contribution in [2.75, 3.05) is 6.61 Å². The molecule has 2 heterocycles. The number of halogens is 3. The zero-order valence-corrected chi connectivity index (χ0v) is 17.7. The van der Waals surface area contributed by atoms with Crippen molar-refractivity contribution in [3.05, 3.63) is 58.8 Å². The predicted octanol–water partition coefficient (Wildman–Crippen LogP) is 3.88. The number of rotatable bonds is 6. The van der Waals surface area contributed by atoms with Gasteiger partial charge in [0.2, 0.25) is 5.88 Å². The number of pyridine rings is 1. The van der Waals surface area contributed by atoms with Crippen LogP contribution in [0, 0.1) is 0 Å². The second-order valence-corrected chi connectivity index (χ2v) is 8.12. The average Bonchev–Trinajstić information content (AvgIpc) is 3.06. The Labute approximate surface area is 187 Å². The monoisotopic (exact) mass is 461 g/mol. The number of hydrogen-bond acceptors (Lipinski definition) is 5. The summed E-state index contributed by atoms with van der Waals surface area (Å²) >= 11 is 0. The lowest BCUT2D eigenvalue weighted by Crippen LogP contribution is -2.40. The molecule has 2 aliphatic rings. The van der Waals surface area contributed by atoms with E-state index in [2.05, 4.69) is 15.0 Å². The molecule has 3 amide bonds. The van der Waals surface area contributed by atoms with Gasteiger partial charge in [0.05, 0.1) is 11.1 Å². The highest BCUT2D eigenvalue weighted by molar-refractivity contribution is 6.22. The number of ether oxygens (including phenoxy) is 1. The van der Waals surface area contributed by atoms with Crippen LogP contribution in [0.25, 0.3) is 0 Å². The van der Waals surface area contributed by atoms with Crippen LogP contribution in [-0.4, -0.2) is 46.4 Å². The zero-order chi connectivity index (χ0) is 23.6. The van der Waals surface area contributed by atoms with Gasteiger partial charge in [-0.25, -0.2) is 4.98 Å². The van der Waals surface area contributed by atoms with Gasteiger partial charge in [-0.15, -0.1) is 0 Å². The third kappa shape index (κ3) is 5.15. The summed E-state index contributed by atoms with van der Waals surface area (Å²) in [6, 6.07) is 7.12. The van der Waals surface area contributed by atoms with Crippen molar-refractivity contribution in [1.29, 1.82) is 0 Å². The molecule has 1 aromatic carbocycles. The number of nitrogens with one attached hydrogen (secondary N) is 1. The Balaban J connectivity index is 1.41. The van der Waals surface area contributed by atoms with Crippen LogP contribution in [0.2, 0.25) is 0 Å². The first kappa shape index (κ1) is 22.8. The quantitative estimate of drug-likeness (QED) is 0.660. The van der Waals surface area contributed by atoms with Crippen molar-refractivity contribution >= 4 is 17.7 Å². The number of carbonyl (C=O) groups is 3. The van der Waals surface area contributed by atoms with Gasteiger partial charge in [-0.2, -0.15) is 13.2 Å². The molecule has 2 aromatic rings. The lowest BCUT2D eigenvalue weighted by Gasteiger charge is -2.29. The number of alkyl halides is 3. The molecular weight excluding hydrogens is 439 g/mol. The summed E-state index contributed by atoms with van der Waals surface area (Å²) in [7, 11) is 0. The molecule has 0 atom stereocenters. The Bertz CT molecular complexity index is 1080. The fraction of sp³-hybridized carbons (Fsp3) is 0.391. The number of benzene rings is 1. The van der Waals surface area contributed by atoms with Crippen molar-refractivity contribution in [3.63, 3.8) is 0 Å². The van der Waals surface area contributed by atoms with E-state index in [0.717, 1.165) is 32.1 Å². The number of fused-ring (bicyclic) bond motifs is 1. The van der Waals surface area contributed by atoms with Crippen molar-refractivity contribution < 1.29 is 32.3 Å². The number of hydrogen-bond donors (Lipinski definition) is 1. The Hall–Kier alpha value is -3.43. The summed E-state index contributed by atoms with van der Waals surface area (Å²) in [5, 5.41) is 2.65. The average molecular weight is 461 g/mol. The van der Waals surface area contributed by atoms with Crippen LogP contribution >= 0.6 is 0 Å². The number of carbonyl (C=O) groups excluding carboxylic acids is 3. The maximum atomic E-state index is 12.9. The van der Waals surface area contributed by atoms with Crippen molar-refractivity contribution in [3.8, 4) is 5.88 Å². The van der Waals surface area contributed by atoms with E-state index in [1.54, 1.807) is 0 Å². The Morgan fingerprint density at radius 2 is 1.79 bits per heavy atom. The third-order valence-electron chi connectivity index (χ3n) is 5.76. The maximum absolute atomic E-state index is 12.9. The molecule has 4 rings (SSSR count). The van der Waals surface area contributed by atoms with Gasteiger partial charge in [0.1, 0.15) is 0 Å². The Morgan fingerprint density at radius 3 is 2.52 bits per heavy atom. The molecule has 10 heteroatoms. The lowest BCUT2D eigenvalue weighted by molar-refractivity contribution is -0.154. The number of nitrogens with zero attached hydrogens (tertiary/aromatic N) is 2. The van der Waals surface area contributed by atoms with Crippen LogP contribution < -0.4 is 10.1 Å². The predicted molar refractivity (Wildman–Crippen MR) is 111 cm³/mol. The molecule has 0 bridgehead atoms. The van der Waals surface area contributed by atoms with Gasteiger partial charge in [-0.05, 0) is 42.7 Å². The summed E-state index contributed by atoms with van der Waals surface area (Å²) in [5.41, 5.74) is 1.21. The van der Waals surface area contributed by atoms with Gasteiger partial charge >= 0.3 is 6.18 Å². The summed E-state index contributed by atoms with van der Waals surface area (Å²) in [4.78, 5) is 43.3. The first-order valence-electron chi connectivity index (χ1n) is 10.7. The first-order chi connectivity index (χ1) is 15.7. The Kier molecular flexibility index (Phi) is 6.35. The molecular formula is C23H22F3N3O4. The van der Waals surface area contributed by atoms with Crippen molar-refractivity contribution in [2.45, 2.75) is 50.9 Å². The highest BCUT2D eigenvalue weighted by Gasteiger charge is 2.40. The molecule has 174 valence electrons. The fourth-order valence-corrected chi connectivity index (χ4v) is 4.15. The van der Waals surface area contributed by atoms with Crippen LogP contribution in [0.5, 0.6) is 5.88 Å². The number of amides is 3. The highest BCUT2D eigenvalue weighted by atomic mass is 19.4. The van der Waals surface area contributed by atoms with E-state index in [0.29, 0.717) is 11.1 Å². The molecule has 7 nitrogen and oxygen atoms in total. The highest BCUT2D eigenvalue weighted by Crippen LogP contribution is 2.31. The minimum Gasteiger partial charge on any atom is -0.468 e. The molecule has 1 aliphatic carbocycles. The van der Waals surface area contributed by atoms with Gasteiger partial charge in [0.25, 0.3) is 17.7 Å². The summed E-state index contributed by atoms with van der Waals surface area (Å²) < 4.78 is 41.5. The topological polar surface area (TPSA) is 88.6 Å². The van der Waals surface area contributed by atoms with E-state index >= 15 is 0 Å². The van der Waals surface area contributed by atoms with Crippen molar-refractivity contribution in [2.24, 2.45) is 0 Å². The van der Waals surface area contributed by atoms with Gasteiger partial charge in [-0.3, -0.25) is 19.3 Å². The van der Waals surface area contributed by atoms with Crippen LogP contribution in [0.4, 0.5) is 13.2 Å². The summed E-state index contributed by atoms with van der Waals surface area (Å²) in [6.45, 7) is -1.45. The first-order valence-corrected chi connectivity index (χ1v) is 10.7. The second kappa shape index (κ2) is 9.21. The molecule has 33 heavy (non-hydrogen) atoms. The number of aromatic nitrogens is 1. The van der Waals surface area contributed by atoms with E-state index < -0.39 is 18.7 Å². The molecule has 0 saturated heterocycles. The van der Waals surface area contributed by atoms with Crippen molar-refractivity contribution in [1.82, 2.24) is 15.2 Å². The molecule has 1 N–H and O–H groups in total. The molecule has 1 aliphatic heterocycles. The molecule has 1 aromatic heterocycles. The normalized spacial score (nSPS) is 16.6. The largest absolute Gasteiger partial charge is 0.468 e. The van der Waals surface area contributed by atoms with Crippen LogP contribution in [-0.2, 0) is 6.54 Å². The second-order valence-electron chi connectivity index (χ2n) is 8.12. The van der Waals surface area contributed by atoms with Crippen LogP contribution in [0.3, 0.4) is 0 Å². The van der Waals surface area contributed by atoms with Gasteiger partial charge in [0, 0.05) is 30.4 Å². The van der Waals surface area contributed by atoms with Crippen LogP contribution in [0.15, 0.2) is 36.5 Å². The van der Waals surface area contributed by atoms with E-state index in [1.165, 1.54) is 41.4 Å². The third-order valence-corrected chi connectivity index (χ3v) is 5.76. The number of imide groups is 1. The zero-order valence-electron chi connectivity index (χ0n) is 17.7.